The Hall–Kier alpha value is -1.29. The van der Waals surface area contributed by atoms with Gasteiger partial charge in [0.1, 0.15) is 12.1 Å². The zero-order valence-electron chi connectivity index (χ0n) is 40.5. The molecule has 0 amide bonds. The molecule has 11 heteroatoms. The molecule has 0 bridgehead atoms. The number of carboxylic acids is 1. The zero-order valence-corrected chi connectivity index (χ0v) is 41.4. The number of rotatable bonds is 51. The van der Waals surface area contributed by atoms with E-state index in [1.807, 2.05) is 0 Å². The molecule has 3 unspecified atom stereocenters. The fraction of sp³-hybridized carbons (Fsp3) is 0.922. The summed E-state index contributed by atoms with van der Waals surface area (Å²) < 4.78 is 33.5. The molecular weight excluding hydrogens is 802 g/mol. The van der Waals surface area contributed by atoms with Gasteiger partial charge in [0.2, 0.25) is 0 Å². The van der Waals surface area contributed by atoms with Crippen molar-refractivity contribution in [3.63, 3.8) is 0 Å². The maximum absolute atomic E-state index is 12.7. The number of phosphoric ester groups is 1. The standard InChI is InChI=1S/C51H100NO9P/c1-3-5-7-9-11-13-15-17-19-21-22-23-24-25-26-27-28-30-32-34-36-38-40-42-44-58-45-48(46-59-62(56,57)60-47-49(52)51(54)55)61-50(53)43-41-39-37-35-33-31-29-20-18-16-14-12-10-8-6-4-2/h20,29,48-49H,3-19,21-28,30-47,52H2,1-2H3,(H,54,55)(H,56,57)/b29-20-. The first-order chi connectivity index (χ1) is 30.2. The second-order valence-electron chi connectivity index (χ2n) is 18.0. The molecule has 368 valence electrons. The average Bonchev–Trinajstić information content (AvgIpc) is 3.25. The highest BCUT2D eigenvalue weighted by Crippen LogP contribution is 2.43. The van der Waals surface area contributed by atoms with Crippen LogP contribution < -0.4 is 5.73 Å². The molecule has 0 aliphatic heterocycles. The number of carboxylic acid groups (broad SMARTS) is 1. The SMILES string of the molecule is CCCCCCCCC/C=C\CCCCCCCC(=O)OC(COCCCCCCCCCCCCCCCCCCCCCCCCCC)COP(=O)(O)OCC(N)C(=O)O. The van der Waals surface area contributed by atoms with Crippen LogP contribution in [0.15, 0.2) is 12.2 Å². The van der Waals surface area contributed by atoms with Gasteiger partial charge in [0.05, 0.1) is 19.8 Å². The fourth-order valence-electron chi connectivity index (χ4n) is 7.72. The normalized spacial score (nSPS) is 13.7. The molecule has 0 aliphatic rings. The Kier molecular flexibility index (Phi) is 46.7. The third-order valence-electron chi connectivity index (χ3n) is 11.8. The first-order valence-electron chi connectivity index (χ1n) is 26.2. The molecule has 3 atom stereocenters. The predicted molar refractivity (Wildman–Crippen MR) is 259 cm³/mol. The lowest BCUT2D eigenvalue weighted by atomic mass is 10.0. The minimum Gasteiger partial charge on any atom is -0.480 e. The van der Waals surface area contributed by atoms with Crippen LogP contribution in [0, 0.1) is 0 Å². The summed E-state index contributed by atoms with van der Waals surface area (Å²) >= 11 is 0. The van der Waals surface area contributed by atoms with Crippen LogP contribution in [0.1, 0.15) is 264 Å². The van der Waals surface area contributed by atoms with E-state index >= 15 is 0 Å². The topological polar surface area (TPSA) is 155 Å². The lowest BCUT2D eigenvalue weighted by molar-refractivity contribution is -0.154. The largest absolute Gasteiger partial charge is 0.480 e. The number of hydrogen-bond acceptors (Lipinski definition) is 8. The predicted octanol–water partition coefficient (Wildman–Crippen LogP) is 15.3. The number of aliphatic carboxylic acids is 1. The van der Waals surface area contributed by atoms with E-state index in [0.717, 1.165) is 51.4 Å². The second-order valence-corrected chi connectivity index (χ2v) is 19.5. The number of phosphoric acid groups is 1. The molecule has 0 heterocycles. The van der Waals surface area contributed by atoms with Gasteiger partial charge >= 0.3 is 19.8 Å². The summed E-state index contributed by atoms with van der Waals surface area (Å²) in [5, 5.41) is 8.93. The zero-order chi connectivity index (χ0) is 45.5. The molecule has 0 saturated carbocycles. The van der Waals surface area contributed by atoms with Gasteiger partial charge in [-0.15, -0.1) is 0 Å². The first kappa shape index (κ1) is 60.7. The van der Waals surface area contributed by atoms with Crippen LogP contribution in [0.4, 0.5) is 0 Å². The molecule has 62 heavy (non-hydrogen) atoms. The van der Waals surface area contributed by atoms with Crippen molar-refractivity contribution in [2.45, 2.75) is 276 Å². The molecule has 0 saturated heterocycles. The number of allylic oxidation sites excluding steroid dienone is 2. The van der Waals surface area contributed by atoms with Crippen LogP contribution >= 0.6 is 7.82 Å². The maximum atomic E-state index is 12.7. The molecule has 0 rings (SSSR count). The Morgan fingerprint density at radius 3 is 1.23 bits per heavy atom. The van der Waals surface area contributed by atoms with Gasteiger partial charge in [-0.2, -0.15) is 0 Å². The third kappa shape index (κ3) is 46.7. The maximum Gasteiger partial charge on any atom is 0.472 e. The fourth-order valence-corrected chi connectivity index (χ4v) is 8.50. The van der Waals surface area contributed by atoms with Crippen LogP contribution in [0.25, 0.3) is 0 Å². The Morgan fingerprint density at radius 2 is 0.839 bits per heavy atom. The molecule has 0 spiro atoms. The lowest BCUT2D eigenvalue weighted by Crippen LogP contribution is -2.34. The van der Waals surface area contributed by atoms with E-state index in [2.05, 4.69) is 26.0 Å². The third-order valence-corrected chi connectivity index (χ3v) is 12.7. The Balaban J connectivity index is 4.05. The molecule has 0 fully saturated rings. The van der Waals surface area contributed by atoms with Gasteiger partial charge in [-0.3, -0.25) is 18.6 Å². The number of esters is 1. The van der Waals surface area contributed by atoms with Crippen molar-refractivity contribution < 1.29 is 42.7 Å². The quantitative estimate of drug-likeness (QED) is 0.0233. The lowest BCUT2D eigenvalue weighted by Gasteiger charge is -2.20. The van der Waals surface area contributed by atoms with Gasteiger partial charge < -0.3 is 25.2 Å². The highest BCUT2D eigenvalue weighted by molar-refractivity contribution is 7.47. The van der Waals surface area contributed by atoms with Crippen molar-refractivity contribution in [3.8, 4) is 0 Å². The van der Waals surface area contributed by atoms with Gasteiger partial charge in [-0.1, -0.05) is 231 Å². The van der Waals surface area contributed by atoms with Crippen LogP contribution in [-0.4, -0.2) is 60.5 Å². The highest BCUT2D eigenvalue weighted by atomic mass is 31.2. The molecule has 0 aromatic heterocycles. The van der Waals surface area contributed by atoms with Gasteiger partial charge in [0.15, 0.2) is 0 Å². The molecule has 10 nitrogen and oxygen atoms in total. The van der Waals surface area contributed by atoms with Crippen LogP contribution in [0.3, 0.4) is 0 Å². The molecular formula is C51H100NO9P. The summed E-state index contributed by atoms with van der Waals surface area (Å²) in [5.41, 5.74) is 5.37. The Morgan fingerprint density at radius 1 is 0.500 bits per heavy atom. The van der Waals surface area contributed by atoms with Gasteiger partial charge in [-0.25, -0.2) is 4.57 Å². The number of nitrogens with two attached hydrogens (primary N) is 1. The van der Waals surface area contributed by atoms with Gasteiger partial charge in [-0.05, 0) is 38.5 Å². The van der Waals surface area contributed by atoms with E-state index in [1.165, 1.54) is 186 Å². The summed E-state index contributed by atoms with van der Waals surface area (Å²) in [6.07, 6.45) is 52.8. The minimum absolute atomic E-state index is 0.0201. The molecule has 0 radical (unpaired) electrons. The molecule has 0 aromatic rings. The van der Waals surface area contributed by atoms with E-state index in [0.29, 0.717) is 13.0 Å². The van der Waals surface area contributed by atoms with Crippen molar-refractivity contribution in [3.05, 3.63) is 12.2 Å². The summed E-state index contributed by atoms with van der Waals surface area (Å²) in [5.74, 6) is -1.77. The second kappa shape index (κ2) is 47.7. The number of carbonyl (C=O) groups is 2. The van der Waals surface area contributed by atoms with Crippen molar-refractivity contribution in [2.75, 3.05) is 26.4 Å². The van der Waals surface area contributed by atoms with Gasteiger partial charge in [0, 0.05) is 13.0 Å². The number of hydrogen-bond donors (Lipinski definition) is 3. The summed E-state index contributed by atoms with van der Waals surface area (Å²) in [6, 6.07) is -1.47. The van der Waals surface area contributed by atoms with E-state index in [4.69, 9.17) is 29.4 Å². The summed E-state index contributed by atoms with van der Waals surface area (Å²) in [4.78, 5) is 33.7. The monoisotopic (exact) mass is 902 g/mol. The molecule has 4 N–H and O–H groups in total. The average molecular weight is 902 g/mol. The highest BCUT2D eigenvalue weighted by Gasteiger charge is 2.27. The van der Waals surface area contributed by atoms with Crippen molar-refractivity contribution in [1.29, 1.82) is 0 Å². The van der Waals surface area contributed by atoms with Crippen LogP contribution in [-0.2, 0) is 32.7 Å². The van der Waals surface area contributed by atoms with Crippen molar-refractivity contribution in [2.24, 2.45) is 5.73 Å². The smallest absolute Gasteiger partial charge is 0.472 e. The van der Waals surface area contributed by atoms with Crippen LogP contribution in [0.2, 0.25) is 0 Å². The number of carbonyl (C=O) groups excluding carboxylic acids is 1. The van der Waals surface area contributed by atoms with E-state index in [1.54, 1.807) is 0 Å². The Bertz CT molecular complexity index is 1040. The first-order valence-corrected chi connectivity index (χ1v) is 27.7. The number of ether oxygens (including phenoxy) is 2. The van der Waals surface area contributed by atoms with Crippen molar-refractivity contribution in [1.82, 2.24) is 0 Å². The van der Waals surface area contributed by atoms with Gasteiger partial charge in [0.25, 0.3) is 0 Å². The van der Waals surface area contributed by atoms with E-state index in [-0.39, 0.29) is 13.0 Å². The van der Waals surface area contributed by atoms with Crippen LogP contribution in [0.5, 0.6) is 0 Å². The minimum atomic E-state index is -4.62. The Labute approximate surface area is 382 Å². The number of unbranched alkanes of at least 4 members (excludes halogenated alkanes) is 35. The summed E-state index contributed by atoms with van der Waals surface area (Å²) in [7, 11) is -4.62. The van der Waals surface area contributed by atoms with Crippen molar-refractivity contribution >= 4 is 19.8 Å². The molecule has 0 aromatic carbocycles. The van der Waals surface area contributed by atoms with E-state index < -0.39 is 45.1 Å². The molecule has 0 aliphatic carbocycles. The summed E-state index contributed by atoms with van der Waals surface area (Å²) in [6.45, 7) is 3.93. The van der Waals surface area contributed by atoms with E-state index in [9.17, 15) is 19.0 Å².